The van der Waals surface area contributed by atoms with Gasteiger partial charge in [-0.2, -0.15) is 0 Å². The van der Waals surface area contributed by atoms with E-state index in [1.807, 2.05) is 0 Å². The number of aromatic nitrogens is 2. The summed E-state index contributed by atoms with van der Waals surface area (Å²) < 4.78 is 7.87. The van der Waals surface area contributed by atoms with E-state index in [1.54, 1.807) is 0 Å². The average molecular weight is 716 g/mol. The van der Waals surface area contributed by atoms with Crippen LogP contribution in [0.25, 0.3) is 22.1 Å². The second kappa shape index (κ2) is 12.6. The van der Waals surface area contributed by atoms with Crippen molar-refractivity contribution in [1.29, 1.82) is 0 Å². The van der Waals surface area contributed by atoms with Crippen LogP contribution in [0, 0.1) is 10.8 Å². The van der Waals surface area contributed by atoms with E-state index in [9.17, 15) is 0 Å². The van der Waals surface area contributed by atoms with E-state index in [2.05, 4.69) is 170 Å². The predicted octanol–water partition coefficient (Wildman–Crippen LogP) is 11.0. The molecule has 0 N–H and O–H groups in total. The Bertz CT molecular complexity index is 1680. The van der Waals surface area contributed by atoms with Crippen LogP contribution in [0.5, 0.6) is 0 Å². The number of halogens is 1. The summed E-state index contributed by atoms with van der Waals surface area (Å²) in [6, 6.07) is 27.2. The molecule has 0 aliphatic carbocycles. The maximum atomic E-state index is 4.46. The zero-order valence-electron chi connectivity index (χ0n) is 26.5. The molecule has 5 aromatic rings. The maximum absolute atomic E-state index is 4.46. The van der Waals surface area contributed by atoms with Crippen LogP contribution >= 0.6 is 13.4 Å². The van der Waals surface area contributed by atoms with Crippen molar-refractivity contribution in [2.24, 2.45) is 0 Å². The molecule has 0 amide bonds. The van der Waals surface area contributed by atoms with Crippen molar-refractivity contribution in [3.8, 4) is 11.4 Å². The summed E-state index contributed by atoms with van der Waals surface area (Å²) in [5.74, 6) is 1.62. The molecule has 1 aromatic heterocycles. The van der Waals surface area contributed by atoms with E-state index >= 15 is 0 Å². The molecule has 1 heterocycles. The van der Waals surface area contributed by atoms with Gasteiger partial charge in [-0.15, -0.1) is 0 Å². The zero-order chi connectivity index (χ0) is 30.3. The number of aryl methyl sites for hydroxylation is 1. The Morgan fingerprint density at radius 2 is 0.976 bits per heavy atom. The second-order valence-electron chi connectivity index (χ2n) is 12.6. The van der Waals surface area contributed by atoms with Gasteiger partial charge in [-0.1, -0.05) is 0 Å². The molecule has 0 aliphatic rings. The van der Waals surface area contributed by atoms with Gasteiger partial charge in [0.25, 0.3) is 0 Å². The quantitative estimate of drug-likeness (QED) is 0.149. The van der Waals surface area contributed by atoms with E-state index in [0.717, 1.165) is 0 Å². The van der Waals surface area contributed by atoms with Gasteiger partial charge in [0.15, 0.2) is 0 Å². The fourth-order valence-electron chi connectivity index (χ4n) is 5.97. The summed E-state index contributed by atoms with van der Waals surface area (Å²) in [4.78, 5) is 0. The second-order valence-corrected chi connectivity index (χ2v) is 18.0. The molecule has 5 rings (SSSR count). The van der Waals surface area contributed by atoms with Gasteiger partial charge < -0.3 is 0 Å². The Labute approximate surface area is 264 Å². The van der Waals surface area contributed by atoms with Crippen molar-refractivity contribution < 1.29 is 14.3 Å². The molecule has 0 spiro atoms. The number of para-hydroxylation sites is 2. The van der Waals surface area contributed by atoms with Crippen LogP contribution in [0.15, 0.2) is 85.2 Å². The van der Waals surface area contributed by atoms with Crippen molar-refractivity contribution in [3.63, 3.8) is 0 Å². The summed E-state index contributed by atoms with van der Waals surface area (Å²) in [6.45, 7) is 20.8. The molecule has 42 heavy (non-hydrogen) atoms. The first-order chi connectivity index (χ1) is 20.0. The van der Waals surface area contributed by atoms with Crippen molar-refractivity contribution in [2.45, 2.75) is 86.0 Å². The topological polar surface area (TPSA) is 9.86 Å². The third kappa shape index (κ3) is 5.59. The molecule has 0 bridgehead atoms. The normalized spacial score (nSPS) is 12.4. The summed E-state index contributed by atoms with van der Waals surface area (Å²) in [6.07, 6.45) is 4.67. The Morgan fingerprint density at radius 1 is 0.548 bits per heavy atom. The van der Waals surface area contributed by atoms with Crippen LogP contribution in [0.3, 0.4) is 0 Å². The van der Waals surface area contributed by atoms with Crippen LogP contribution in [-0.4, -0.2) is 9.13 Å². The molecule has 0 fully saturated rings. The van der Waals surface area contributed by atoms with Crippen molar-refractivity contribution >= 4 is 28.2 Å². The van der Waals surface area contributed by atoms with Gasteiger partial charge in [-0.05, 0) is 0 Å². The number of imidazole rings is 1. The first-order valence-electron chi connectivity index (χ1n) is 15.2. The van der Waals surface area contributed by atoms with Crippen LogP contribution < -0.4 is 4.04 Å². The van der Waals surface area contributed by atoms with Gasteiger partial charge in [0.2, 0.25) is 0 Å². The van der Waals surface area contributed by atoms with E-state index in [0.29, 0.717) is 23.7 Å². The molecule has 0 aliphatic heterocycles. The molecule has 0 atom stereocenters. The van der Waals surface area contributed by atoms with E-state index in [1.165, 1.54) is 57.9 Å². The number of benzene rings is 4. The van der Waals surface area contributed by atoms with Crippen molar-refractivity contribution in [2.75, 3.05) is 0 Å². The Hall–Kier alpha value is -2.51. The fourth-order valence-corrected chi connectivity index (χ4v) is 12.3. The predicted molar refractivity (Wildman–Crippen MR) is 182 cm³/mol. The Morgan fingerprint density at radius 3 is 1.40 bits per heavy atom. The molecular formula is C38H45BrN2Pd. The monoisotopic (exact) mass is 714 g/mol. The molecule has 0 radical (unpaired) electrons. The number of nitrogens with zero attached hydrogens (tertiary/aromatic N) is 2. The molecule has 4 heteroatoms. The molecule has 4 aromatic carbocycles. The van der Waals surface area contributed by atoms with E-state index in [-0.39, 0.29) is 0 Å². The van der Waals surface area contributed by atoms with Gasteiger partial charge in [0.05, 0.1) is 0 Å². The van der Waals surface area contributed by atoms with Gasteiger partial charge >= 0.3 is 266 Å². The number of hydrogen-bond donors (Lipinski definition) is 0. The van der Waals surface area contributed by atoms with Crippen LogP contribution in [0.2, 0.25) is 0 Å². The fraction of sp³-hybridized carbons (Fsp3) is 0.342. The molecule has 2 nitrogen and oxygen atoms in total. The van der Waals surface area contributed by atoms with Crippen LogP contribution in [0.1, 0.15) is 107 Å². The standard InChI is InChI=1S/C27H36N2.C11H9.BrH.Pd/c1-18(2)22-11-9-12-23(19(3)4)26(22)28-15-16-29(17-28)27-24(20(5)6)13-10-14-25(27)21(7)8;1-9-6-7-10-4-2-3-5-11(10)8-9;;/h9-16,18-21H,1-8H3;2-7H,1H3;1H;/q;;;+1/p-1. The molecule has 0 saturated carbocycles. The molecule has 0 unspecified atom stereocenters. The first-order valence-corrected chi connectivity index (χ1v) is 20.3. The van der Waals surface area contributed by atoms with E-state index in [4.69, 9.17) is 0 Å². The minimum atomic E-state index is -1.64. The number of hydrogen-bond acceptors (Lipinski definition) is 0. The molecule has 0 saturated heterocycles. The number of fused-ring (bicyclic) bond motifs is 1. The summed E-state index contributed by atoms with van der Waals surface area (Å²) in [7, 11) is 0. The third-order valence-electron chi connectivity index (χ3n) is 8.18. The molecular weight excluding hydrogens is 671 g/mol. The third-order valence-corrected chi connectivity index (χ3v) is 14.1. The summed E-state index contributed by atoms with van der Waals surface area (Å²) >= 11 is 2.82. The van der Waals surface area contributed by atoms with E-state index < -0.39 is 14.3 Å². The SMILES string of the molecule is Cc1ccc2ccccc2[c]1[Pd]([Br])=[c]1n(-c2c(C(C)C)cccc2C(C)C)ccn1-c1c(C(C)C)cccc1C(C)C. The average Bonchev–Trinajstić information content (AvgIpc) is 3.40. The van der Waals surface area contributed by atoms with Gasteiger partial charge in [0.1, 0.15) is 0 Å². The minimum absolute atomic E-state index is 0.406. The van der Waals surface area contributed by atoms with Gasteiger partial charge in [-0.25, -0.2) is 0 Å². The molecule has 224 valence electrons. The van der Waals surface area contributed by atoms with Crippen molar-refractivity contribution in [3.05, 3.63) is 117 Å². The van der Waals surface area contributed by atoms with Crippen LogP contribution in [0.4, 0.5) is 0 Å². The summed E-state index contributed by atoms with van der Waals surface area (Å²) in [5.41, 5.74) is 9.60. The zero-order valence-corrected chi connectivity index (χ0v) is 29.6. The van der Waals surface area contributed by atoms with Crippen LogP contribution in [-0.2, 0) is 14.3 Å². The number of rotatable bonds is 7. The van der Waals surface area contributed by atoms with Gasteiger partial charge in [-0.3, -0.25) is 0 Å². The Kier molecular flexibility index (Phi) is 9.29. The van der Waals surface area contributed by atoms with Crippen molar-refractivity contribution in [1.82, 2.24) is 9.13 Å². The van der Waals surface area contributed by atoms with Gasteiger partial charge in [0, 0.05) is 0 Å². The summed E-state index contributed by atoms with van der Waals surface area (Å²) in [5, 5.41) is 2.64. The Balaban J connectivity index is 2.04. The first kappa shape index (κ1) is 30.9.